The van der Waals surface area contributed by atoms with Gasteiger partial charge in [0.25, 0.3) is 0 Å². The Balaban J connectivity index is 2.04. The van der Waals surface area contributed by atoms with Gasteiger partial charge in [-0.3, -0.25) is 0 Å². The topological polar surface area (TPSA) is 35.5 Å². The molecule has 0 unspecified atom stereocenters. The van der Waals surface area contributed by atoms with Gasteiger partial charge in [0.2, 0.25) is 0 Å². The molecule has 2 aromatic carbocycles. The van der Waals surface area contributed by atoms with E-state index in [-0.39, 0.29) is 5.97 Å². The van der Waals surface area contributed by atoms with Crippen LogP contribution in [0.2, 0.25) is 5.02 Å². The van der Waals surface area contributed by atoms with E-state index in [1.165, 1.54) is 0 Å². The van der Waals surface area contributed by atoms with Crippen molar-refractivity contribution in [1.82, 2.24) is 0 Å². The Morgan fingerprint density at radius 2 is 1.90 bits per heavy atom. The Bertz CT molecular complexity index is 626. The number of hydrogen-bond donors (Lipinski definition) is 0. The fourth-order valence-electron chi connectivity index (χ4n) is 1.70. The van der Waals surface area contributed by atoms with Gasteiger partial charge in [-0.05, 0) is 42.8 Å². The molecular weight excluding hydrogens is 356 g/mol. The molecular formula is C16H14BrClO3. The van der Waals surface area contributed by atoms with Gasteiger partial charge in [0.15, 0.2) is 0 Å². The lowest BCUT2D eigenvalue weighted by molar-refractivity contribution is 0.0526. The summed E-state index contributed by atoms with van der Waals surface area (Å²) in [6.45, 7) is 2.50. The molecule has 0 saturated heterocycles. The van der Waals surface area contributed by atoms with Crippen LogP contribution in [0.5, 0.6) is 5.75 Å². The normalized spacial score (nSPS) is 10.2. The van der Waals surface area contributed by atoms with Crippen LogP contribution in [-0.2, 0) is 11.3 Å². The predicted molar refractivity (Wildman–Crippen MR) is 85.9 cm³/mol. The summed E-state index contributed by atoms with van der Waals surface area (Å²) < 4.78 is 11.6. The quantitative estimate of drug-likeness (QED) is 0.706. The van der Waals surface area contributed by atoms with Crippen molar-refractivity contribution in [3.8, 4) is 5.75 Å². The first-order valence-electron chi connectivity index (χ1n) is 6.44. The zero-order valence-electron chi connectivity index (χ0n) is 11.4. The maximum absolute atomic E-state index is 11.6. The molecule has 0 heterocycles. The minimum absolute atomic E-state index is 0.332. The Labute approximate surface area is 137 Å². The highest BCUT2D eigenvalue weighted by Gasteiger charge is 2.10. The second kappa shape index (κ2) is 7.48. The lowest BCUT2D eigenvalue weighted by atomic mass is 10.2. The molecule has 0 aliphatic heterocycles. The van der Waals surface area contributed by atoms with Crippen LogP contribution in [0.3, 0.4) is 0 Å². The van der Waals surface area contributed by atoms with E-state index in [2.05, 4.69) is 15.9 Å². The molecule has 0 amide bonds. The molecule has 21 heavy (non-hydrogen) atoms. The monoisotopic (exact) mass is 368 g/mol. The number of halogens is 2. The van der Waals surface area contributed by atoms with Gasteiger partial charge in [-0.2, -0.15) is 0 Å². The van der Waals surface area contributed by atoms with Gasteiger partial charge in [-0.15, -0.1) is 0 Å². The molecule has 0 aromatic heterocycles. The zero-order valence-corrected chi connectivity index (χ0v) is 13.8. The van der Waals surface area contributed by atoms with Crippen LogP contribution in [-0.4, -0.2) is 12.6 Å². The minimum atomic E-state index is -0.390. The number of ether oxygens (including phenoxy) is 2. The summed E-state index contributed by atoms with van der Waals surface area (Å²) in [6.07, 6.45) is 0. The van der Waals surface area contributed by atoms with Crippen LogP contribution in [0.1, 0.15) is 22.8 Å². The highest BCUT2D eigenvalue weighted by molar-refractivity contribution is 9.10. The molecule has 5 heteroatoms. The fraction of sp³-hybridized carbons (Fsp3) is 0.188. The van der Waals surface area contributed by atoms with Crippen LogP contribution in [0.4, 0.5) is 0 Å². The molecule has 2 rings (SSSR count). The second-order valence-corrected chi connectivity index (χ2v) is 5.60. The van der Waals surface area contributed by atoms with Crippen LogP contribution < -0.4 is 4.74 Å². The Morgan fingerprint density at radius 1 is 1.19 bits per heavy atom. The Morgan fingerprint density at radius 3 is 2.52 bits per heavy atom. The maximum Gasteiger partial charge on any atom is 0.338 e. The molecule has 0 aliphatic carbocycles. The minimum Gasteiger partial charge on any atom is -0.487 e. The first kappa shape index (κ1) is 15.9. The summed E-state index contributed by atoms with van der Waals surface area (Å²) in [5.41, 5.74) is 1.45. The van der Waals surface area contributed by atoms with Crippen molar-refractivity contribution in [2.75, 3.05) is 6.61 Å². The lowest BCUT2D eigenvalue weighted by Gasteiger charge is -2.09. The molecule has 0 bridgehead atoms. The van der Waals surface area contributed by atoms with Gasteiger partial charge in [0.1, 0.15) is 12.4 Å². The summed E-state index contributed by atoms with van der Waals surface area (Å²) in [7, 11) is 0. The van der Waals surface area contributed by atoms with E-state index in [0.717, 1.165) is 10.0 Å². The molecule has 0 N–H and O–H groups in total. The molecule has 0 saturated carbocycles. The molecule has 0 radical (unpaired) electrons. The fourth-order valence-corrected chi connectivity index (χ4v) is 2.20. The molecule has 0 spiro atoms. The van der Waals surface area contributed by atoms with Crippen LogP contribution >= 0.6 is 27.5 Å². The molecule has 0 aliphatic rings. The van der Waals surface area contributed by atoms with E-state index in [0.29, 0.717) is 29.5 Å². The molecule has 110 valence electrons. The smallest absolute Gasteiger partial charge is 0.338 e. The van der Waals surface area contributed by atoms with Crippen LogP contribution in [0.15, 0.2) is 46.9 Å². The number of benzene rings is 2. The molecule has 2 aromatic rings. The van der Waals surface area contributed by atoms with Crippen molar-refractivity contribution in [3.05, 3.63) is 63.1 Å². The van der Waals surface area contributed by atoms with Crippen molar-refractivity contribution in [1.29, 1.82) is 0 Å². The third-order valence-electron chi connectivity index (χ3n) is 2.75. The number of carbonyl (C=O) groups is 1. The number of carbonyl (C=O) groups excluding carboxylic acids is 1. The lowest BCUT2D eigenvalue weighted by Crippen LogP contribution is -2.04. The number of rotatable bonds is 5. The van der Waals surface area contributed by atoms with E-state index in [9.17, 15) is 4.79 Å². The summed E-state index contributed by atoms with van der Waals surface area (Å²) in [5, 5.41) is 0.387. The van der Waals surface area contributed by atoms with Gasteiger partial charge in [-0.25, -0.2) is 4.79 Å². The van der Waals surface area contributed by atoms with Gasteiger partial charge in [0.05, 0.1) is 17.2 Å². The van der Waals surface area contributed by atoms with E-state index >= 15 is 0 Å². The molecule has 0 atom stereocenters. The van der Waals surface area contributed by atoms with Crippen molar-refractivity contribution in [3.63, 3.8) is 0 Å². The predicted octanol–water partition coefficient (Wildman–Crippen LogP) is 4.86. The third-order valence-corrected chi connectivity index (χ3v) is 3.57. The number of hydrogen-bond acceptors (Lipinski definition) is 3. The summed E-state index contributed by atoms with van der Waals surface area (Å²) in [5.74, 6) is 0.145. The SMILES string of the molecule is CCOC(=O)c1ccc(OCc2ccc(Br)cc2)c(Cl)c1. The van der Waals surface area contributed by atoms with Gasteiger partial charge < -0.3 is 9.47 Å². The summed E-state index contributed by atoms with van der Waals surface area (Å²) in [4.78, 5) is 11.6. The highest BCUT2D eigenvalue weighted by atomic mass is 79.9. The van der Waals surface area contributed by atoms with E-state index in [4.69, 9.17) is 21.1 Å². The Hall–Kier alpha value is -1.52. The first-order valence-corrected chi connectivity index (χ1v) is 7.61. The van der Waals surface area contributed by atoms with Crippen LogP contribution in [0.25, 0.3) is 0 Å². The second-order valence-electron chi connectivity index (χ2n) is 4.28. The summed E-state index contributed by atoms with van der Waals surface area (Å²) in [6, 6.07) is 12.7. The van der Waals surface area contributed by atoms with Crippen molar-refractivity contribution in [2.45, 2.75) is 13.5 Å². The average Bonchev–Trinajstić information content (AvgIpc) is 2.48. The largest absolute Gasteiger partial charge is 0.487 e. The zero-order chi connectivity index (χ0) is 15.2. The average molecular weight is 370 g/mol. The molecule has 0 fully saturated rings. The van der Waals surface area contributed by atoms with Crippen molar-refractivity contribution >= 4 is 33.5 Å². The van der Waals surface area contributed by atoms with Gasteiger partial charge in [0, 0.05) is 4.47 Å². The Kier molecular flexibility index (Phi) is 5.65. The summed E-state index contributed by atoms with van der Waals surface area (Å²) >= 11 is 9.51. The maximum atomic E-state index is 11.6. The molecule has 3 nitrogen and oxygen atoms in total. The van der Waals surface area contributed by atoms with E-state index < -0.39 is 0 Å². The highest BCUT2D eigenvalue weighted by Crippen LogP contribution is 2.26. The third kappa shape index (κ3) is 4.48. The van der Waals surface area contributed by atoms with Crippen molar-refractivity contribution in [2.24, 2.45) is 0 Å². The van der Waals surface area contributed by atoms with E-state index in [1.807, 2.05) is 24.3 Å². The van der Waals surface area contributed by atoms with Crippen molar-refractivity contribution < 1.29 is 14.3 Å². The van der Waals surface area contributed by atoms with E-state index in [1.54, 1.807) is 25.1 Å². The van der Waals surface area contributed by atoms with Gasteiger partial charge in [-0.1, -0.05) is 39.7 Å². The van der Waals surface area contributed by atoms with Gasteiger partial charge >= 0.3 is 5.97 Å². The number of esters is 1. The van der Waals surface area contributed by atoms with Crippen LogP contribution in [0, 0.1) is 0 Å². The first-order chi connectivity index (χ1) is 10.1. The standard InChI is InChI=1S/C16H14BrClO3/c1-2-20-16(19)12-5-8-15(14(18)9-12)21-10-11-3-6-13(17)7-4-11/h3-9H,2,10H2,1H3.